The van der Waals surface area contributed by atoms with Gasteiger partial charge >= 0.3 is 0 Å². The van der Waals surface area contributed by atoms with Gasteiger partial charge in [-0.15, -0.1) is 0 Å². The number of nitrogens with zero attached hydrogens (tertiary/aromatic N) is 6. The lowest BCUT2D eigenvalue weighted by atomic mass is 10.1. The van der Waals surface area contributed by atoms with Crippen molar-refractivity contribution >= 4 is 26.6 Å². The number of aromatic nitrogens is 5. The van der Waals surface area contributed by atoms with E-state index in [0.717, 1.165) is 17.9 Å². The summed E-state index contributed by atoms with van der Waals surface area (Å²) >= 11 is 0. The molecule has 13 nitrogen and oxygen atoms in total. The van der Waals surface area contributed by atoms with E-state index in [2.05, 4.69) is 32.2 Å². The zero-order valence-corrected chi connectivity index (χ0v) is 24.4. The summed E-state index contributed by atoms with van der Waals surface area (Å²) in [5.74, 6) is 0.510. The normalized spacial score (nSPS) is 17.1. The van der Waals surface area contributed by atoms with Gasteiger partial charge in [0.15, 0.2) is 11.4 Å². The molecule has 0 amide bonds. The number of hydrogen-bond donors (Lipinski definition) is 2. The molecular formula is C27H36N8O5S. The summed E-state index contributed by atoms with van der Waals surface area (Å²) in [4.78, 5) is 27.7. The first-order chi connectivity index (χ1) is 19.8. The molecule has 5 rings (SSSR count). The second kappa shape index (κ2) is 12.5. The highest BCUT2D eigenvalue weighted by molar-refractivity contribution is 7.93. The second-order valence-corrected chi connectivity index (χ2v) is 11.8. The van der Waals surface area contributed by atoms with Crippen LogP contribution < -0.4 is 10.9 Å². The summed E-state index contributed by atoms with van der Waals surface area (Å²) < 4.78 is 41.6. The van der Waals surface area contributed by atoms with Crippen molar-refractivity contribution in [3.8, 4) is 0 Å². The van der Waals surface area contributed by atoms with Crippen LogP contribution in [0.5, 0.6) is 0 Å². The van der Waals surface area contributed by atoms with Crippen LogP contribution in [0.1, 0.15) is 31.1 Å². The summed E-state index contributed by atoms with van der Waals surface area (Å²) in [5, 5.41) is 7.64. The number of aromatic amines is 1. The van der Waals surface area contributed by atoms with E-state index in [9.17, 15) is 13.2 Å². The predicted octanol–water partition coefficient (Wildman–Crippen LogP) is 0.911. The summed E-state index contributed by atoms with van der Waals surface area (Å²) in [7, 11) is -2.19. The summed E-state index contributed by atoms with van der Waals surface area (Å²) in [6, 6.07) is 5.63. The fraction of sp³-hybridized carbons (Fsp3) is 0.481. The molecule has 3 aromatic heterocycles. The van der Waals surface area contributed by atoms with E-state index < -0.39 is 15.6 Å². The minimum atomic E-state index is -3.75. The first kappa shape index (κ1) is 28.9. The third-order valence-corrected chi connectivity index (χ3v) is 9.26. The van der Waals surface area contributed by atoms with Crippen LogP contribution in [0.3, 0.4) is 0 Å². The SMILES string of the molecule is CCc1c2nc(C3=C(OCCOC)NCC(S(=O)(=O)N4CCN(CC)CC4)=C3)[nH]c(=O)c2nn1Cc1ccccn1. The fourth-order valence-corrected chi connectivity index (χ4v) is 6.50. The van der Waals surface area contributed by atoms with Crippen molar-refractivity contribution in [3.05, 3.63) is 68.8 Å². The summed E-state index contributed by atoms with van der Waals surface area (Å²) in [6.45, 7) is 8.11. The number of ether oxygens (including phenoxy) is 2. The maximum atomic E-state index is 13.6. The zero-order chi connectivity index (χ0) is 29.0. The minimum Gasteiger partial charge on any atom is -0.476 e. The molecule has 14 heteroatoms. The maximum absolute atomic E-state index is 13.6. The average molecular weight is 585 g/mol. The number of methoxy groups -OCH3 is 1. The van der Waals surface area contributed by atoms with Crippen molar-refractivity contribution in [3.63, 3.8) is 0 Å². The Kier molecular flexibility index (Phi) is 8.82. The van der Waals surface area contributed by atoms with E-state index in [-0.39, 0.29) is 29.4 Å². The number of aryl methyl sites for hydroxylation is 1. The average Bonchev–Trinajstić information content (AvgIpc) is 3.35. The van der Waals surface area contributed by atoms with Gasteiger partial charge in [0.1, 0.15) is 17.9 Å². The molecule has 0 saturated carbocycles. The van der Waals surface area contributed by atoms with Crippen LogP contribution in [0.4, 0.5) is 0 Å². The van der Waals surface area contributed by atoms with Crippen LogP contribution in [0.2, 0.25) is 0 Å². The number of allylic oxidation sites excluding steroid dienone is 2. The number of likely N-dealkylation sites (N-methyl/N-ethyl adjacent to an activating group) is 1. The van der Waals surface area contributed by atoms with Crippen LogP contribution in [0.25, 0.3) is 16.6 Å². The fourth-order valence-electron chi connectivity index (χ4n) is 5.01. The number of hydrogen-bond acceptors (Lipinski definition) is 10. The van der Waals surface area contributed by atoms with Crippen molar-refractivity contribution < 1.29 is 17.9 Å². The molecule has 0 aromatic carbocycles. The molecule has 1 saturated heterocycles. The van der Waals surface area contributed by atoms with E-state index in [0.29, 0.717) is 62.7 Å². The molecule has 0 aliphatic carbocycles. The number of rotatable bonds is 11. The van der Waals surface area contributed by atoms with Crippen LogP contribution in [-0.4, -0.2) is 102 Å². The molecule has 0 radical (unpaired) electrons. The molecule has 220 valence electrons. The summed E-state index contributed by atoms with van der Waals surface area (Å²) in [5.41, 5.74) is 2.15. The third-order valence-electron chi connectivity index (χ3n) is 7.29. The molecule has 0 spiro atoms. The number of H-pyrrole nitrogens is 1. The topological polar surface area (TPSA) is 148 Å². The highest BCUT2D eigenvalue weighted by Gasteiger charge is 2.33. The van der Waals surface area contributed by atoms with Gasteiger partial charge in [-0.05, 0) is 31.2 Å². The van der Waals surface area contributed by atoms with Crippen molar-refractivity contribution in [2.45, 2.75) is 26.8 Å². The van der Waals surface area contributed by atoms with Crippen molar-refractivity contribution in [2.75, 3.05) is 59.6 Å². The number of pyridine rings is 1. The molecule has 3 aromatic rings. The predicted molar refractivity (Wildman–Crippen MR) is 154 cm³/mol. The highest BCUT2D eigenvalue weighted by Crippen LogP contribution is 2.27. The number of dihydropyridines is 1. The molecule has 0 atom stereocenters. The first-order valence-electron chi connectivity index (χ1n) is 13.8. The molecule has 2 aliphatic rings. The number of piperazine rings is 1. The second-order valence-electron chi connectivity index (χ2n) is 9.78. The Hall–Kier alpha value is -3.59. The van der Waals surface area contributed by atoms with Gasteiger partial charge in [-0.2, -0.15) is 9.40 Å². The Morgan fingerprint density at radius 3 is 2.56 bits per heavy atom. The number of fused-ring (bicyclic) bond motifs is 1. The molecule has 2 aliphatic heterocycles. The van der Waals surface area contributed by atoms with Crippen molar-refractivity contribution in [1.82, 2.24) is 39.3 Å². The highest BCUT2D eigenvalue weighted by atomic mass is 32.2. The van der Waals surface area contributed by atoms with E-state index >= 15 is 0 Å². The van der Waals surface area contributed by atoms with Gasteiger partial charge in [-0.3, -0.25) is 14.5 Å². The van der Waals surface area contributed by atoms with Gasteiger partial charge in [0.2, 0.25) is 10.0 Å². The van der Waals surface area contributed by atoms with E-state index in [1.165, 1.54) is 4.31 Å². The van der Waals surface area contributed by atoms with E-state index in [1.54, 1.807) is 24.1 Å². The van der Waals surface area contributed by atoms with Gasteiger partial charge in [0, 0.05) is 39.5 Å². The minimum absolute atomic E-state index is 0.0524. The number of sulfonamides is 1. The lowest BCUT2D eigenvalue weighted by Crippen LogP contribution is -2.49. The molecular weight excluding hydrogens is 548 g/mol. The molecule has 0 unspecified atom stereocenters. The van der Waals surface area contributed by atoms with E-state index in [4.69, 9.17) is 14.5 Å². The van der Waals surface area contributed by atoms with Crippen molar-refractivity contribution in [1.29, 1.82) is 0 Å². The monoisotopic (exact) mass is 584 g/mol. The largest absolute Gasteiger partial charge is 0.476 e. The molecule has 0 bridgehead atoms. The third kappa shape index (κ3) is 6.05. The Morgan fingerprint density at radius 2 is 1.88 bits per heavy atom. The van der Waals surface area contributed by atoms with Gasteiger partial charge in [-0.25, -0.2) is 13.4 Å². The zero-order valence-electron chi connectivity index (χ0n) is 23.6. The van der Waals surface area contributed by atoms with Gasteiger partial charge in [-0.1, -0.05) is 19.9 Å². The van der Waals surface area contributed by atoms with Crippen LogP contribution in [0.15, 0.2) is 46.1 Å². The van der Waals surface area contributed by atoms with Crippen LogP contribution in [-0.2, 0) is 32.5 Å². The smallest absolute Gasteiger partial charge is 0.279 e. The number of nitrogens with one attached hydrogen (secondary N) is 2. The Morgan fingerprint density at radius 1 is 1.07 bits per heavy atom. The van der Waals surface area contributed by atoms with Crippen LogP contribution >= 0.6 is 0 Å². The maximum Gasteiger partial charge on any atom is 0.279 e. The molecule has 5 heterocycles. The van der Waals surface area contributed by atoms with Gasteiger partial charge in [0.25, 0.3) is 5.56 Å². The van der Waals surface area contributed by atoms with Crippen molar-refractivity contribution in [2.24, 2.45) is 0 Å². The molecule has 41 heavy (non-hydrogen) atoms. The summed E-state index contributed by atoms with van der Waals surface area (Å²) in [6.07, 6.45) is 3.84. The molecule has 2 N–H and O–H groups in total. The van der Waals surface area contributed by atoms with Gasteiger partial charge < -0.3 is 24.7 Å². The Labute approximate surface area is 238 Å². The Bertz CT molecular complexity index is 1610. The lowest BCUT2D eigenvalue weighted by Gasteiger charge is -2.34. The molecule has 1 fully saturated rings. The lowest BCUT2D eigenvalue weighted by molar-refractivity contribution is 0.103. The first-order valence-corrected chi connectivity index (χ1v) is 15.2. The Balaban J connectivity index is 1.56. The van der Waals surface area contributed by atoms with Gasteiger partial charge in [0.05, 0.1) is 41.6 Å². The van der Waals surface area contributed by atoms with E-state index in [1.807, 2.05) is 25.1 Å². The quantitative estimate of drug-likeness (QED) is 0.312. The van der Waals surface area contributed by atoms with Crippen LogP contribution in [0, 0.1) is 0 Å². The standard InChI is InChI=1S/C27H36N8O5S/c1-4-22-23-24(32-35(22)18-19-8-6-7-9-28-19)26(36)31-25(30-23)21-16-20(17-29-27(21)40-15-14-39-3)41(37,38)34-12-10-33(5-2)11-13-34/h6-9,16,29H,4-5,10-15,17-18H2,1-3H3,(H,30,31,36).